The average molecular weight is 398 g/mol. The molecule has 30 heavy (non-hydrogen) atoms. The minimum absolute atomic E-state index is 0.358. The van der Waals surface area contributed by atoms with E-state index in [0.29, 0.717) is 5.75 Å². The summed E-state index contributed by atoms with van der Waals surface area (Å²) in [4.78, 5) is 10.8. The standard InChI is InChI=1S/C25H22N2O3/c1-2-22(17-6-4-3-5-7-17)25(19-10-13-23-20(14-19)15-26-27-23)18-8-11-21(12-9-18)30-16-24(28)29/h3-15H,2,16H2,1H3,(H,26,27)(H,28,29)/b25-22+. The van der Waals surface area contributed by atoms with Crippen LogP contribution in [0, 0.1) is 0 Å². The van der Waals surface area contributed by atoms with Gasteiger partial charge in [-0.1, -0.05) is 55.5 Å². The Morgan fingerprint density at radius 3 is 2.40 bits per heavy atom. The molecule has 150 valence electrons. The fourth-order valence-corrected chi connectivity index (χ4v) is 3.64. The summed E-state index contributed by atoms with van der Waals surface area (Å²) < 4.78 is 5.30. The maximum atomic E-state index is 10.8. The zero-order chi connectivity index (χ0) is 20.9. The molecule has 4 rings (SSSR count). The lowest BCUT2D eigenvalue weighted by atomic mass is 9.88. The van der Waals surface area contributed by atoms with Crippen molar-refractivity contribution in [2.24, 2.45) is 0 Å². The number of hydrogen-bond acceptors (Lipinski definition) is 3. The van der Waals surface area contributed by atoms with Gasteiger partial charge < -0.3 is 9.84 Å². The van der Waals surface area contributed by atoms with Crippen LogP contribution < -0.4 is 4.74 Å². The number of carboxylic acid groups (broad SMARTS) is 1. The van der Waals surface area contributed by atoms with Crippen LogP contribution in [0.1, 0.15) is 30.0 Å². The highest BCUT2D eigenvalue weighted by molar-refractivity contribution is 6.00. The Hall–Kier alpha value is -3.86. The molecule has 2 N–H and O–H groups in total. The number of carboxylic acids is 1. The molecular weight excluding hydrogens is 376 g/mol. The molecule has 0 atom stereocenters. The Balaban J connectivity index is 1.85. The van der Waals surface area contributed by atoms with E-state index in [9.17, 15) is 4.79 Å². The van der Waals surface area contributed by atoms with E-state index in [1.165, 1.54) is 11.1 Å². The predicted molar refractivity (Wildman–Crippen MR) is 118 cm³/mol. The third kappa shape index (κ3) is 4.10. The van der Waals surface area contributed by atoms with E-state index in [-0.39, 0.29) is 6.61 Å². The third-order valence-electron chi connectivity index (χ3n) is 5.01. The number of benzene rings is 3. The van der Waals surface area contributed by atoms with Crippen LogP contribution >= 0.6 is 0 Å². The van der Waals surface area contributed by atoms with Crippen molar-refractivity contribution in [1.82, 2.24) is 10.2 Å². The van der Waals surface area contributed by atoms with Gasteiger partial charge in [0.2, 0.25) is 0 Å². The molecule has 0 aliphatic heterocycles. The highest BCUT2D eigenvalue weighted by Gasteiger charge is 2.14. The molecule has 0 saturated carbocycles. The number of H-pyrrole nitrogens is 1. The fourth-order valence-electron chi connectivity index (χ4n) is 3.64. The second kappa shape index (κ2) is 8.66. The molecule has 5 nitrogen and oxygen atoms in total. The van der Waals surface area contributed by atoms with Crippen LogP contribution in [0.4, 0.5) is 0 Å². The number of carbonyl (C=O) groups is 1. The van der Waals surface area contributed by atoms with Gasteiger partial charge in [-0.15, -0.1) is 0 Å². The lowest BCUT2D eigenvalue weighted by molar-refractivity contribution is -0.139. The van der Waals surface area contributed by atoms with Crippen molar-refractivity contribution in [2.75, 3.05) is 6.61 Å². The zero-order valence-electron chi connectivity index (χ0n) is 16.6. The van der Waals surface area contributed by atoms with E-state index in [1.807, 2.05) is 54.7 Å². The van der Waals surface area contributed by atoms with Gasteiger partial charge in [0.15, 0.2) is 6.61 Å². The number of ether oxygens (including phenoxy) is 1. The summed E-state index contributed by atoms with van der Waals surface area (Å²) >= 11 is 0. The van der Waals surface area contributed by atoms with E-state index in [0.717, 1.165) is 34.0 Å². The smallest absolute Gasteiger partial charge is 0.341 e. The van der Waals surface area contributed by atoms with Gasteiger partial charge in [0.1, 0.15) is 5.75 Å². The minimum atomic E-state index is -0.995. The summed E-state index contributed by atoms with van der Waals surface area (Å²) in [6.07, 6.45) is 2.69. The normalized spacial score (nSPS) is 11.9. The Labute approximate surface area is 174 Å². The SMILES string of the molecule is CC/C(=C(/c1ccc(OCC(=O)O)cc1)c1ccc2[nH]ncc2c1)c1ccccc1. The lowest BCUT2D eigenvalue weighted by Gasteiger charge is -2.17. The number of hydrogen-bond donors (Lipinski definition) is 2. The molecule has 0 amide bonds. The van der Waals surface area contributed by atoms with E-state index in [1.54, 1.807) is 0 Å². The van der Waals surface area contributed by atoms with Gasteiger partial charge in [-0.3, -0.25) is 5.10 Å². The Morgan fingerprint density at radius 2 is 1.70 bits per heavy atom. The van der Waals surface area contributed by atoms with E-state index in [4.69, 9.17) is 9.84 Å². The first-order valence-corrected chi connectivity index (χ1v) is 9.83. The molecule has 5 heteroatoms. The molecular formula is C25H22N2O3. The zero-order valence-corrected chi connectivity index (χ0v) is 16.6. The number of aromatic nitrogens is 2. The molecule has 0 bridgehead atoms. The Morgan fingerprint density at radius 1 is 0.967 bits per heavy atom. The lowest BCUT2D eigenvalue weighted by Crippen LogP contribution is -2.09. The summed E-state index contributed by atoms with van der Waals surface area (Å²) in [7, 11) is 0. The van der Waals surface area contributed by atoms with Crippen LogP contribution in [0.2, 0.25) is 0 Å². The van der Waals surface area contributed by atoms with E-state index >= 15 is 0 Å². The number of aliphatic carboxylic acids is 1. The van der Waals surface area contributed by atoms with Gasteiger partial charge in [-0.2, -0.15) is 5.10 Å². The molecule has 1 heterocycles. The summed E-state index contributed by atoms with van der Waals surface area (Å²) in [6, 6.07) is 24.2. The predicted octanol–water partition coefficient (Wildman–Crippen LogP) is 5.40. The van der Waals surface area contributed by atoms with Crippen molar-refractivity contribution in [3.05, 3.63) is 95.7 Å². The third-order valence-corrected chi connectivity index (χ3v) is 5.01. The Bertz CT molecular complexity index is 1190. The van der Waals surface area contributed by atoms with Crippen LogP contribution in [0.5, 0.6) is 5.75 Å². The molecule has 0 radical (unpaired) electrons. The van der Waals surface area contributed by atoms with Crippen LogP contribution in [0.15, 0.2) is 79.0 Å². The maximum absolute atomic E-state index is 10.8. The van der Waals surface area contributed by atoms with Crippen molar-refractivity contribution < 1.29 is 14.6 Å². The van der Waals surface area contributed by atoms with Crippen LogP contribution in [-0.2, 0) is 4.79 Å². The first-order valence-electron chi connectivity index (χ1n) is 9.83. The topological polar surface area (TPSA) is 75.2 Å². The van der Waals surface area contributed by atoms with Gasteiger partial charge >= 0.3 is 5.97 Å². The van der Waals surface area contributed by atoms with Gasteiger partial charge in [0.25, 0.3) is 0 Å². The van der Waals surface area contributed by atoms with Crippen LogP contribution in [0.3, 0.4) is 0 Å². The highest BCUT2D eigenvalue weighted by Crippen LogP contribution is 2.36. The van der Waals surface area contributed by atoms with Gasteiger partial charge in [0, 0.05) is 5.39 Å². The van der Waals surface area contributed by atoms with Crippen molar-refractivity contribution in [1.29, 1.82) is 0 Å². The number of nitrogens with one attached hydrogen (secondary N) is 1. The first-order chi connectivity index (χ1) is 14.7. The molecule has 0 aliphatic carbocycles. The van der Waals surface area contributed by atoms with Crippen molar-refractivity contribution >= 4 is 28.0 Å². The molecule has 1 aromatic heterocycles. The van der Waals surface area contributed by atoms with Gasteiger partial charge in [-0.25, -0.2) is 4.79 Å². The monoisotopic (exact) mass is 398 g/mol. The number of rotatable bonds is 7. The van der Waals surface area contributed by atoms with Crippen molar-refractivity contribution in [3.63, 3.8) is 0 Å². The number of aromatic amines is 1. The largest absolute Gasteiger partial charge is 0.482 e. The van der Waals surface area contributed by atoms with Crippen LogP contribution in [0.25, 0.3) is 22.0 Å². The molecule has 0 fully saturated rings. The number of allylic oxidation sites excluding steroid dienone is 1. The summed E-state index contributed by atoms with van der Waals surface area (Å²) in [5.41, 5.74) is 6.68. The molecule has 0 aliphatic rings. The van der Waals surface area contributed by atoms with Crippen LogP contribution in [-0.4, -0.2) is 27.9 Å². The average Bonchev–Trinajstić information content (AvgIpc) is 3.25. The highest BCUT2D eigenvalue weighted by atomic mass is 16.5. The van der Waals surface area contributed by atoms with E-state index < -0.39 is 5.97 Å². The maximum Gasteiger partial charge on any atom is 0.341 e. The molecule has 3 aromatic carbocycles. The van der Waals surface area contributed by atoms with Crippen molar-refractivity contribution in [3.8, 4) is 5.75 Å². The van der Waals surface area contributed by atoms with Gasteiger partial charge in [0.05, 0.1) is 11.7 Å². The van der Waals surface area contributed by atoms with Crippen molar-refractivity contribution in [2.45, 2.75) is 13.3 Å². The number of nitrogens with zero attached hydrogens (tertiary/aromatic N) is 1. The summed E-state index contributed by atoms with van der Waals surface area (Å²) in [6.45, 7) is 1.80. The molecule has 0 saturated heterocycles. The molecule has 4 aromatic rings. The fraction of sp³-hybridized carbons (Fsp3) is 0.120. The second-order valence-corrected chi connectivity index (χ2v) is 6.95. The minimum Gasteiger partial charge on any atom is -0.482 e. The molecule has 0 unspecified atom stereocenters. The summed E-state index contributed by atoms with van der Waals surface area (Å²) in [5, 5.41) is 17.0. The molecule has 0 spiro atoms. The number of fused-ring (bicyclic) bond motifs is 1. The quantitative estimate of drug-likeness (QED) is 0.409. The Kier molecular flexibility index (Phi) is 5.61. The summed E-state index contributed by atoms with van der Waals surface area (Å²) in [5.74, 6) is -0.464. The van der Waals surface area contributed by atoms with E-state index in [2.05, 4.69) is 41.4 Å². The van der Waals surface area contributed by atoms with Gasteiger partial charge in [-0.05, 0) is 58.5 Å². The second-order valence-electron chi connectivity index (χ2n) is 6.95. The first kappa shape index (κ1) is 19.5.